The molecule has 2 aromatic rings. The van der Waals surface area contributed by atoms with E-state index < -0.39 is 6.09 Å². The first kappa shape index (κ1) is 12.8. The van der Waals surface area contributed by atoms with Gasteiger partial charge in [-0.25, -0.2) is 4.79 Å². The van der Waals surface area contributed by atoms with Crippen LogP contribution in [0, 0.1) is 0 Å². The molecule has 1 saturated heterocycles. The first-order valence-corrected chi connectivity index (χ1v) is 6.86. The summed E-state index contributed by atoms with van der Waals surface area (Å²) in [7, 11) is 0. The molecule has 0 unspecified atom stereocenters. The van der Waals surface area contributed by atoms with E-state index in [0.29, 0.717) is 13.1 Å². The van der Waals surface area contributed by atoms with Gasteiger partial charge in [0.2, 0.25) is 0 Å². The number of likely N-dealkylation sites (tertiary alicyclic amines) is 1. The minimum Gasteiger partial charge on any atom is -0.490 e. The molecule has 0 atom stereocenters. The van der Waals surface area contributed by atoms with Gasteiger partial charge in [-0.05, 0) is 22.9 Å². The Hall–Kier alpha value is -2.23. The largest absolute Gasteiger partial charge is 0.490 e. The number of nitrogens with zero attached hydrogens (tertiary/aromatic N) is 1. The van der Waals surface area contributed by atoms with E-state index in [4.69, 9.17) is 9.84 Å². The lowest BCUT2D eigenvalue weighted by Gasteiger charge is -2.30. The molecule has 1 fully saturated rings. The normalized spacial score (nSPS) is 16.3. The highest BCUT2D eigenvalue weighted by Gasteiger charge is 2.23. The van der Waals surface area contributed by atoms with E-state index in [9.17, 15) is 4.79 Å². The minimum absolute atomic E-state index is 0.103. The van der Waals surface area contributed by atoms with Gasteiger partial charge in [0.25, 0.3) is 0 Å². The Labute approximate surface area is 117 Å². The molecule has 0 radical (unpaired) electrons. The number of amides is 1. The average Bonchev–Trinajstić information content (AvgIpc) is 2.48. The van der Waals surface area contributed by atoms with Crippen molar-refractivity contribution < 1.29 is 14.6 Å². The zero-order valence-corrected chi connectivity index (χ0v) is 11.2. The van der Waals surface area contributed by atoms with Gasteiger partial charge < -0.3 is 14.7 Å². The molecule has 0 aliphatic carbocycles. The number of fused-ring (bicyclic) bond motifs is 1. The zero-order valence-electron chi connectivity index (χ0n) is 11.2. The van der Waals surface area contributed by atoms with Gasteiger partial charge in [0.05, 0.1) is 0 Å². The summed E-state index contributed by atoms with van der Waals surface area (Å²) < 4.78 is 5.97. The molecule has 0 spiro atoms. The molecular weight excluding hydrogens is 254 g/mol. The van der Waals surface area contributed by atoms with Crippen LogP contribution in [0.4, 0.5) is 4.79 Å². The number of piperidine rings is 1. The van der Waals surface area contributed by atoms with Crippen molar-refractivity contribution in [2.75, 3.05) is 13.1 Å². The van der Waals surface area contributed by atoms with Gasteiger partial charge in [0.1, 0.15) is 11.9 Å². The Kier molecular flexibility index (Phi) is 3.46. The molecular formula is C16H17NO3. The fourth-order valence-electron chi connectivity index (χ4n) is 2.60. The highest BCUT2D eigenvalue weighted by atomic mass is 16.5. The van der Waals surface area contributed by atoms with Crippen molar-refractivity contribution >= 4 is 16.9 Å². The fourth-order valence-corrected chi connectivity index (χ4v) is 2.60. The third-order valence-electron chi connectivity index (χ3n) is 3.74. The molecule has 4 nitrogen and oxygen atoms in total. The van der Waals surface area contributed by atoms with Crippen LogP contribution in [0.25, 0.3) is 10.8 Å². The maximum Gasteiger partial charge on any atom is 0.407 e. The van der Waals surface area contributed by atoms with E-state index in [1.54, 1.807) is 0 Å². The van der Waals surface area contributed by atoms with E-state index in [1.807, 2.05) is 24.3 Å². The number of rotatable bonds is 2. The molecule has 20 heavy (non-hydrogen) atoms. The molecule has 0 saturated carbocycles. The Morgan fingerprint density at radius 1 is 1.10 bits per heavy atom. The Morgan fingerprint density at radius 3 is 2.50 bits per heavy atom. The smallest absolute Gasteiger partial charge is 0.407 e. The van der Waals surface area contributed by atoms with Crippen LogP contribution in [0.1, 0.15) is 12.8 Å². The van der Waals surface area contributed by atoms with Gasteiger partial charge in [0.15, 0.2) is 0 Å². The fraction of sp³-hybridized carbons (Fsp3) is 0.312. The maximum atomic E-state index is 10.9. The lowest BCUT2D eigenvalue weighted by atomic mass is 10.1. The number of hydrogen-bond donors (Lipinski definition) is 1. The molecule has 1 N–H and O–H groups in total. The predicted octanol–water partition coefficient (Wildman–Crippen LogP) is 3.36. The van der Waals surface area contributed by atoms with Gasteiger partial charge in [-0.15, -0.1) is 0 Å². The van der Waals surface area contributed by atoms with Gasteiger partial charge >= 0.3 is 6.09 Å². The first-order chi connectivity index (χ1) is 9.72. The third kappa shape index (κ3) is 2.69. The standard InChI is InChI=1S/C16H17NO3/c18-16(19)17-9-7-14(8-10-17)20-15-6-5-12-3-1-2-4-13(12)11-15/h1-6,11,14H,7-10H2,(H,18,19). The average molecular weight is 271 g/mol. The molecule has 104 valence electrons. The van der Waals surface area contributed by atoms with E-state index >= 15 is 0 Å². The van der Waals surface area contributed by atoms with Crippen LogP contribution in [-0.2, 0) is 0 Å². The summed E-state index contributed by atoms with van der Waals surface area (Å²) in [5.41, 5.74) is 0. The molecule has 2 aromatic carbocycles. The summed E-state index contributed by atoms with van der Waals surface area (Å²) in [6.07, 6.45) is 0.763. The molecule has 3 rings (SSSR count). The zero-order chi connectivity index (χ0) is 13.9. The topological polar surface area (TPSA) is 49.8 Å². The van der Waals surface area contributed by atoms with Gasteiger partial charge in [-0.3, -0.25) is 0 Å². The number of benzene rings is 2. The molecule has 0 bridgehead atoms. The van der Waals surface area contributed by atoms with Crippen LogP contribution in [0.2, 0.25) is 0 Å². The van der Waals surface area contributed by atoms with Crippen LogP contribution in [-0.4, -0.2) is 35.3 Å². The van der Waals surface area contributed by atoms with Crippen LogP contribution in [0.3, 0.4) is 0 Å². The second-order valence-corrected chi connectivity index (χ2v) is 5.10. The second kappa shape index (κ2) is 5.41. The number of hydrogen-bond acceptors (Lipinski definition) is 2. The second-order valence-electron chi connectivity index (χ2n) is 5.10. The molecule has 1 amide bonds. The number of carboxylic acid groups (broad SMARTS) is 1. The molecule has 1 aliphatic heterocycles. The van der Waals surface area contributed by atoms with Crippen LogP contribution in [0.15, 0.2) is 42.5 Å². The molecule has 0 aromatic heterocycles. The SMILES string of the molecule is O=C(O)N1CCC(Oc2ccc3ccccc3c2)CC1. The van der Waals surface area contributed by atoms with Crippen molar-refractivity contribution in [1.82, 2.24) is 4.90 Å². The van der Waals surface area contributed by atoms with E-state index in [1.165, 1.54) is 10.3 Å². The van der Waals surface area contributed by atoms with Crippen molar-refractivity contribution in [3.63, 3.8) is 0 Å². The van der Waals surface area contributed by atoms with Crippen molar-refractivity contribution in [3.05, 3.63) is 42.5 Å². The maximum absolute atomic E-state index is 10.9. The minimum atomic E-state index is -0.839. The van der Waals surface area contributed by atoms with Crippen molar-refractivity contribution in [2.45, 2.75) is 18.9 Å². The van der Waals surface area contributed by atoms with Crippen LogP contribution < -0.4 is 4.74 Å². The predicted molar refractivity (Wildman–Crippen MR) is 77.2 cm³/mol. The van der Waals surface area contributed by atoms with Gasteiger partial charge in [0, 0.05) is 25.9 Å². The summed E-state index contributed by atoms with van der Waals surface area (Å²) in [6.45, 7) is 1.10. The summed E-state index contributed by atoms with van der Waals surface area (Å²) >= 11 is 0. The lowest BCUT2D eigenvalue weighted by Crippen LogP contribution is -2.41. The Bertz CT molecular complexity index is 618. The summed E-state index contributed by atoms with van der Waals surface area (Å²) in [4.78, 5) is 12.3. The van der Waals surface area contributed by atoms with Gasteiger partial charge in [-0.2, -0.15) is 0 Å². The highest BCUT2D eigenvalue weighted by molar-refractivity contribution is 5.83. The Balaban J connectivity index is 1.66. The molecule has 4 heteroatoms. The Morgan fingerprint density at radius 2 is 1.80 bits per heavy atom. The quantitative estimate of drug-likeness (QED) is 0.911. The van der Waals surface area contributed by atoms with Crippen LogP contribution >= 0.6 is 0 Å². The lowest BCUT2D eigenvalue weighted by molar-refractivity contribution is 0.0895. The third-order valence-corrected chi connectivity index (χ3v) is 3.74. The summed E-state index contributed by atoms with van der Waals surface area (Å²) in [6, 6.07) is 14.2. The monoisotopic (exact) mass is 271 g/mol. The van der Waals surface area contributed by atoms with Gasteiger partial charge in [-0.1, -0.05) is 30.3 Å². The van der Waals surface area contributed by atoms with Crippen molar-refractivity contribution in [1.29, 1.82) is 0 Å². The molecule has 1 heterocycles. The number of carbonyl (C=O) groups is 1. The van der Waals surface area contributed by atoms with Crippen molar-refractivity contribution in [3.8, 4) is 5.75 Å². The highest BCUT2D eigenvalue weighted by Crippen LogP contribution is 2.24. The van der Waals surface area contributed by atoms with E-state index in [2.05, 4.69) is 18.2 Å². The number of ether oxygens (including phenoxy) is 1. The molecule has 1 aliphatic rings. The summed E-state index contributed by atoms with van der Waals surface area (Å²) in [5.74, 6) is 0.859. The van der Waals surface area contributed by atoms with E-state index in [-0.39, 0.29) is 6.10 Å². The van der Waals surface area contributed by atoms with Crippen molar-refractivity contribution in [2.24, 2.45) is 0 Å². The first-order valence-electron chi connectivity index (χ1n) is 6.86. The van der Waals surface area contributed by atoms with E-state index in [0.717, 1.165) is 24.0 Å². The van der Waals surface area contributed by atoms with Crippen LogP contribution in [0.5, 0.6) is 5.75 Å². The summed E-state index contributed by atoms with van der Waals surface area (Å²) in [5, 5.41) is 11.3.